The van der Waals surface area contributed by atoms with Crippen molar-refractivity contribution in [3.63, 3.8) is 0 Å². The van der Waals surface area contributed by atoms with Gasteiger partial charge < -0.3 is 10.6 Å². The molecular formula is C16H17N3S2. The number of thiophene rings is 1. The summed E-state index contributed by atoms with van der Waals surface area (Å²) in [4.78, 5) is 8.11. The van der Waals surface area contributed by atoms with Crippen LogP contribution in [0.25, 0.3) is 11.3 Å². The molecule has 0 amide bonds. The lowest BCUT2D eigenvalue weighted by Crippen LogP contribution is -2.15. The summed E-state index contributed by atoms with van der Waals surface area (Å²) in [5.41, 5.74) is 9.34. The van der Waals surface area contributed by atoms with Crippen molar-refractivity contribution in [2.75, 3.05) is 11.9 Å². The molecule has 0 atom stereocenters. The van der Waals surface area contributed by atoms with Gasteiger partial charge in [-0.15, -0.1) is 0 Å². The average Bonchev–Trinajstić information content (AvgIpc) is 3.17. The van der Waals surface area contributed by atoms with Gasteiger partial charge in [-0.1, -0.05) is 41.7 Å². The zero-order valence-corrected chi connectivity index (χ0v) is 13.5. The Hall–Kier alpha value is -1.69. The van der Waals surface area contributed by atoms with Gasteiger partial charge in [0.15, 0.2) is 5.13 Å². The Kier molecular flexibility index (Phi) is 4.34. The summed E-state index contributed by atoms with van der Waals surface area (Å²) in [6.07, 6.45) is 0. The SMILES string of the molecule is CN(Cc1ccsc1)c1nc(-c2ccccc2)c(CN)s1. The van der Waals surface area contributed by atoms with Crippen LogP contribution in [0, 0.1) is 0 Å². The van der Waals surface area contributed by atoms with E-state index in [0.29, 0.717) is 6.54 Å². The number of aromatic nitrogens is 1. The standard InChI is InChI=1S/C16H17N3S2/c1-19(10-12-7-8-20-11-12)16-18-15(14(9-17)21-16)13-5-3-2-4-6-13/h2-8,11H,9-10,17H2,1H3. The first-order valence-corrected chi connectivity index (χ1v) is 8.51. The summed E-state index contributed by atoms with van der Waals surface area (Å²) in [6, 6.07) is 12.4. The molecule has 0 unspecified atom stereocenters. The number of thiazole rings is 1. The molecule has 0 radical (unpaired) electrons. The van der Waals surface area contributed by atoms with Crippen LogP contribution in [0.1, 0.15) is 10.4 Å². The molecule has 0 fully saturated rings. The zero-order valence-electron chi connectivity index (χ0n) is 11.8. The quantitative estimate of drug-likeness (QED) is 0.774. The van der Waals surface area contributed by atoms with Crippen LogP contribution in [0.5, 0.6) is 0 Å². The highest BCUT2D eigenvalue weighted by atomic mass is 32.1. The fourth-order valence-corrected chi connectivity index (χ4v) is 3.77. The second-order valence-electron chi connectivity index (χ2n) is 4.83. The second-order valence-corrected chi connectivity index (χ2v) is 6.67. The van der Waals surface area contributed by atoms with Crippen LogP contribution in [0.15, 0.2) is 47.2 Å². The number of benzene rings is 1. The third-order valence-electron chi connectivity index (χ3n) is 3.25. The first-order chi connectivity index (χ1) is 10.3. The molecule has 2 N–H and O–H groups in total. The van der Waals surface area contributed by atoms with Gasteiger partial charge in [0.05, 0.1) is 5.69 Å². The molecule has 3 rings (SSSR count). The van der Waals surface area contributed by atoms with Crippen LogP contribution >= 0.6 is 22.7 Å². The minimum absolute atomic E-state index is 0.522. The van der Waals surface area contributed by atoms with Crippen LogP contribution in [0.3, 0.4) is 0 Å². The van der Waals surface area contributed by atoms with Crippen LogP contribution in [0.2, 0.25) is 0 Å². The maximum absolute atomic E-state index is 5.89. The van der Waals surface area contributed by atoms with Crippen LogP contribution in [0.4, 0.5) is 5.13 Å². The summed E-state index contributed by atoms with van der Waals surface area (Å²) >= 11 is 3.40. The van der Waals surface area contributed by atoms with E-state index in [1.165, 1.54) is 5.56 Å². The molecule has 21 heavy (non-hydrogen) atoms. The summed E-state index contributed by atoms with van der Waals surface area (Å²) < 4.78 is 0. The summed E-state index contributed by atoms with van der Waals surface area (Å²) in [5, 5.41) is 5.29. The number of anilines is 1. The minimum Gasteiger partial charge on any atom is -0.347 e. The Morgan fingerprint density at radius 3 is 2.67 bits per heavy atom. The highest BCUT2D eigenvalue weighted by Gasteiger charge is 2.14. The van der Waals surface area contributed by atoms with Crippen molar-refractivity contribution < 1.29 is 0 Å². The third kappa shape index (κ3) is 3.15. The van der Waals surface area contributed by atoms with E-state index in [4.69, 9.17) is 10.7 Å². The van der Waals surface area contributed by atoms with E-state index in [2.05, 4.69) is 40.9 Å². The lowest BCUT2D eigenvalue weighted by Gasteiger charge is -2.14. The monoisotopic (exact) mass is 315 g/mol. The lowest BCUT2D eigenvalue weighted by atomic mass is 10.1. The number of hydrogen-bond acceptors (Lipinski definition) is 5. The number of nitrogens with two attached hydrogens (primary N) is 1. The largest absolute Gasteiger partial charge is 0.347 e. The summed E-state index contributed by atoms with van der Waals surface area (Å²) in [5.74, 6) is 0. The Morgan fingerprint density at radius 2 is 2.00 bits per heavy atom. The van der Waals surface area contributed by atoms with E-state index in [1.807, 2.05) is 18.2 Å². The minimum atomic E-state index is 0.522. The molecule has 2 aromatic heterocycles. The Labute approximate surface area is 132 Å². The first kappa shape index (κ1) is 14.3. The van der Waals surface area contributed by atoms with Crippen molar-refractivity contribution in [2.45, 2.75) is 13.1 Å². The van der Waals surface area contributed by atoms with Gasteiger partial charge >= 0.3 is 0 Å². The van der Waals surface area contributed by atoms with Gasteiger partial charge in [0.1, 0.15) is 0 Å². The van der Waals surface area contributed by atoms with E-state index in [-0.39, 0.29) is 0 Å². The van der Waals surface area contributed by atoms with Gasteiger partial charge in [0.2, 0.25) is 0 Å². The fourth-order valence-electron chi connectivity index (χ4n) is 2.19. The van der Waals surface area contributed by atoms with Gasteiger partial charge in [-0.3, -0.25) is 0 Å². The molecular weight excluding hydrogens is 298 g/mol. The van der Waals surface area contributed by atoms with E-state index >= 15 is 0 Å². The smallest absolute Gasteiger partial charge is 0.186 e. The first-order valence-electron chi connectivity index (χ1n) is 6.75. The van der Waals surface area contributed by atoms with Gasteiger partial charge in [-0.2, -0.15) is 11.3 Å². The van der Waals surface area contributed by atoms with Crippen molar-refractivity contribution in [1.82, 2.24) is 4.98 Å². The van der Waals surface area contributed by atoms with E-state index in [0.717, 1.165) is 27.8 Å². The molecule has 0 aliphatic rings. The number of nitrogens with zero attached hydrogens (tertiary/aromatic N) is 2. The molecule has 0 saturated carbocycles. The van der Waals surface area contributed by atoms with Crippen molar-refractivity contribution >= 4 is 27.8 Å². The maximum atomic E-state index is 5.89. The van der Waals surface area contributed by atoms with E-state index < -0.39 is 0 Å². The molecule has 3 nitrogen and oxygen atoms in total. The molecule has 1 aromatic carbocycles. The second kappa shape index (κ2) is 6.39. The normalized spacial score (nSPS) is 10.8. The van der Waals surface area contributed by atoms with Crippen molar-refractivity contribution in [3.8, 4) is 11.3 Å². The van der Waals surface area contributed by atoms with Crippen molar-refractivity contribution in [2.24, 2.45) is 5.73 Å². The van der Waals surface area contributed by atoms with Crippen LogP contribution in [-0.2, 0) is 13.1 Å². The average molecular weight is 315 g/mol. The predicted octanol–water partition coefficient (Wildman–Crippen LogP) is 3.97. The molecule has 2 heterocycles. The van der Waals surface area contributed by atoms with E-state index in [9.17, 15) is 0 Å². The van der Waals surface area contributed by atoms with Gasteiger partial charge in [-0.25, -0.2) is 4.98 Å². The molecule has 5 heteroatoms. The van der Waals surface area contributed by atoms with Crippen molar-refractivity contribution in [1.29, 1.82) is 0 Å². The molecule has 0 spiro atoms. The number of hydrogen-bond donors (Lipinski definition) is 1. The Balaban J connectivity index is 1.89. The van der Waals surface area contributed by atoms with Crippen LogP contribution < -0.4 is 10.6 Å². The highest BCUT2D eigenvalue weighted by molar-refractivity contribution is 7.16. The topological polar surface area (TPSA) is 42.2 Å². The van der Waals surface area contributed by atoms with Crippen LogP contribution in [-0.4, -0.2) is 12.0 Å². The molecule has 108 valence electrons. The Morgan fingerprint density at radius 1 is 1.19 bits per heavy atom. The third-order valence-corrected chi connectivity index (χ3v) is 5.17. The van der Waals surface area contributed by atoms with E-state index in [1.54, 1.807) is 22.7 Å². The van der Waals surface area contributed by atoms with Crippen molar-refractivity contribution in [3.05, 3.63) is 57.6 Å². The molecule has 0 aliphatic carbocycles. The molecule has 0 saturated heterocycles. The molecule has 3 aromatic rings. The fraction of sp³-hybridized carbons (Fsp3) is 0.188. The molecule has 0 bridgehead atoms. The maximum Gasteiger partial charge on any atom is 0.186 e. The van der Waals surface area contributed by atoms with Gasteiger partial charge in [0, 0.05) is 30.6 Å². The predicted molar refractivity (Wildman–Crippen MR) is 91.9 cm³/mol. The summed E-state index contributed by atoms with van der Waals surface area (Å²) in [7, 11) is 2.07. The lowest BCUT2D eigenvalue weighted by molar-refractivity contribution is 0.919. The van der Waals surface area contributed by atoms with Gasteiger partial charge in [-0.05, 0) is 22.4 Å². The summed E-state index contributed by atoms with van der Waals surface area (Å²) in [6.45, 7) is 1.39. The Bertz CT molecular complexity index is 690. The van der Waals surface area contributed by atoms with Gasteiger partial charge in [0.25, 0.3) is 0 Å². The zero-order chi connectivity index (χ0) is 14.7. The molecule has 0 aliphatic heterocycles. The highest BCUT2D eigenvalue weighted by Crippen LogP contribution is 2.32. The number of rotatable bonds is 5.